The number of allylic oxidation sites excluding steroid dienone is 2. The van der Waals surface area contributed by atoms with Crippen molar-refractivity contribution >= 4 is 23.5 Å². The van der Waals surface area contributed by atoms with Crippen LogP contribution in [0.5, 0.6) is 0 Å². The van der Waals surface area contributed by atoms with E-state index >= 15 is 0 Å². The zero-order valence-electron chi connectivity index (χ0n) is 24.7. The topological polar surface area (TPSA) is 109 Å². The lowest BCUT2D eigenvalue weighted by atomic mass is 9.44. The fraction of sp³-hybridized carbons (Fsp3) is 0.750. The standard InChI is InChI=1S/C32H48N4O3/c1-19-13-20(2)35-28(36(6)18-19)10-9-27(38)32(39)12-11-24-23-8-7-22-14-25(34-5)21(17-33)15-30(22,3)29(23)26(37)16-31(24,32)4/h14,17-18,20-21,23-24,26,29,33,37,39H,7-13,15-16H2,1-6H3. The third kappa shape index (κ3) is 4.39. The van der Waals surface area contributed by atoms with Crippen LogP contribution in [-0.2, 0) is 4.79 Å². The van der Waals surface area contributed by atoms with Crippen LogP contribution < -0.4 is 0 Å². The van der Waals surface area contributed by atoms with Crippen molar-refractivity contribution in [1.29, 1.82) is 5.41 Å². The number of aliphatic imine (C=N–C) groups is 2. The molecule has 3 saturated carbocycles. The first-order chi connectivity index (χ1) is 18.4. The number of carbonyl (C=O) groups is 1. The number of nitrogens with zero attached hydrogens (tertiary/aromatic N) is 3. The van der Waals surface area contributed by atoms with E-state index in [0.717, 1.165) is 43.7 Å². The van der Waals surface area contributed by atoms with E-state index in [1.54, 1.807) is 7.05 Å². The molecule has 0 bridgehead atoms. The number of Topliss-reactive ketones (excluding diaryl/α,β-unsaturated/α-hetero) is 1. The molecular formula is C32H48N4O3. The molecule has 7 heteroatoms. The highest BCUT2D eigenvalue weighted by atomic mass is 16.3. The Morgan fingerprint density at radius 3 is 2.74 bits per heavy atom. The minimum Gasteiger partial charge on any atom is -0.393 e. The summed E-state index contributed by atoms with van der Waals surface area (Å²) in [5, 5.41) is 32.0. The van der Waals surface area contributed by atoms with Gasteiger partial charge in [0.15, 0.2) is 5.78 Å². The van der Waals surface area contributed by atoms with Crippen molar-refractivity contribution in [3.63, 3.8) is 0 Å². The van der Waals surface area contributed by atoms with Crippen molar-refractivity contribution in [3.05, 3.63) is 23.4 Å². The van der Waals surface area contributed by atoms with Gasteiger partial charge in [-0.2, -0.15) is 0 Å². The molecule has 3 fully saturated rings. The van der Waals surface area contributed by atoms with Gasteiger partial charge in [-0.1, -0.05) is 25.0 Å². The average Bonchev–Trinajstić information content (AvgIpc) is 3.07. The molecule has 9 atom stereocenters. The molecule has 214 valence electrons. The van der Waals surface area contributed by atoms with Crippen LogP contribution in [-0.4, -0.2) is 70.5 Å². The average molecular weight is 537 g/mol. The Kier molecular flexibility index (Phi) is 7.33. The predicted molar refractivity (Wildman–Crippen MR) is 156 cm³/mol. The molecule has 9 unspecified atom stereocenters. The van der Waals surface area contributed by atoms with Gasteiger partial charge in [-0.3, -0.25) is 14.8 Å². The van der Waals surface area contributed by atoms with Gasteiger partial charge in [-0.05, 0) is 88.0 Å². The van der Waals surface area contributed by atoms with Crippen LogP contribution in [0.25, 0.3) is 0 Å². The first kappa shape index (κ1) is 28.4. The van der Waals surface area contributed by atoms with Crippen molar-refractivity contribution < 1.29 is 15.0 Å². The second-order valence-corrected chi connectivity index (χ2v) is 13.7. The Hall–Kier alpha value is -2.12. The number of aliphatic hydroxyl groups is 2. The highest BCUT2D eigenvalue weighted by Gasteiger charge is 2.68. The van der Waals surface area contributed by atoms with Crippen molar-refractivity contribution in [2.45, 2.75) is 103 Å². The van der Waals surface area contributed by atoms with Crippen molar-refractivity contribution in [2.75, 3.05) is 14.1 Å². The highest BCUT2D eigenvalue weighted by Crippen LogP contribution is 2.68. The number of ketones is 1. The molecule has 5 rings (SSSR count). The van der Waals surface area contributed by atoms with Gasteiger partial charge in [-0.15, -0.1) is 0 Å². The number of fused-ring (bicyclic) bond motifs is 5. The fourth-order valence-corrected chi connectivity index (χ4v) is 9.65. The summed E-state index contributed by atoms with van der Waals surface area (Å²) in [5.74, 6) is 1.28. The van der Waals surface area contributed by atoms with E-state index in [4.69, 9.17) is 10.4 Å². The van der Waals surface area contributed by atoms with Crippen LogP contribution in [0, 0.1) is 39.9 Å². The third-order valence-corrected chi connectivity index (χ3v) is 11.5. The summed E-state index contributed by atoms with van der Waals surface area (Å²) in [5.41, 5.74) is 1.32. The summed E-state index contributed by atoms with van der Waals surface area (Å²) < 4.78 is 0. The number of nitrogens with one attached hydrogen (secondary N) is 1. The predicted octanol–water partition coefficient (Wildman–Crippen LogP) is 4.97. The molecule has 0 amide bonds. The smallest absolute Gasteiger partial charge is 0.165 e. The summed E-state index contributed by atoms with van der Waals surface area (Å²) in [6, 6.07) is 0.177. The Labute approximate surface area is 234 Å². The van der Waals surface area contributed by atoms with E-state index in [1.165, 1.54) is 17.4 Å². The summed E-state index contributed by atoms with van der Waals surface area (Å²) in [7, 11) is 3.79. The first-order valence-corrected chi connectivity index (χ1v) is 15.0. The Morgan fingerprint density at radius 1 is 1.31 bits per heavy atom. The molecular weight excluding hydrogens is 488 g/mol. The van der Waals surface area contributed by atoms with Gasteiger partial charge in [-0.25, -0.2) is 0 Å². The van der Waals surface area contributed by atoms with Gasteiger partial charge >= 0.3 is 0 Å². The van der Waals surface area contributed by atoms with E-state index in [9.17, 15) is 15.0 Å². The molecule has 5 aliphatic rings. The van der Waals surface area contributed by atoms with Crippen LogP contribution >= 0.6 is 0 Å². The number of rotatable bonds is 5. The summed E-state index contributed by atoms with van der Waals surface area (Å²) in [6.07, 6.45) is 11.3. The molecule has 0 saturated heterocycles. The minimum atomic E-state index is -1.42. The zero-order valence-corrected chi connectivity index (χ0v) is 24.7. The lowest BCUT2D eigenvalue weighted by Crippen LogP contribution is -2.62. The summed E-state index contributed by atoms with van der Waals surface area (Å²) in [6.45, 7) is 8.56. The second-order valence-electron chi connectivity index (χ2n) is 13.7. The van der Waals surface area contributed by atoms with E-state index < -0.39 is 17.1 Å². The Bertz CT molecular complexity index is 1160. The van der Waals surface area contributed by atoms with Crippen LogP contribution in [0.3, 0.4) is 0 Å². The van der Waals surface area contributed by atoms with E-state index in [2.05, 4.69) is 45.0 Å². The van der Waals surface area contributed by atoms with Gasteiger partial charge in [0.1, 0.15) is 11.4 Å². The number of amidine groups is 1. The zero-order chi connectivity index (χ0) is 28.3. The first-order valence-electron chi connectivity index (χ1n) is 15.0. The molecule has 0 aromatic carbocycles. The fourth-order valence-electron chi connectivity index (χ4n) is 9.65. The van der Waals surface area contributed by atoms with E-state index in [-0.39, 0.29) is 47.3 Å². The van der Waals surface area contributed by atoms with Crippen molar-refractivity contribution in [3.8, 4) is 0 Å². The van der Waals surface area contributed by atoms with Gasteiger partial charge in [0.05, 0.1) is 12.1 Å². The molecule has 4 aliphatic carbocycles. The Morgan fingerprint density at radius 2 is 2.05 bits per heavy atom. The molecule has 7 nitrogen and oxygen atoms in total. The van der Waals surface area contributed by atoms with E-state index in [0.29, 0.717) is 19.3 Å². The quantitative estimate of drug-likeness (QED) is 0.431. The van der Waals surface area contributed by atoms with Crippen LogP contribution in [0.1, 0.15) is 85.5 Å². The van der Waals surface area contributed by atoms with Crippen LogP contribution in [0.2, 0.25) is 0 Å². The second kappa shape index (κ2) is 10.1. The molecule has 0 aromatic heterocycles. The third-order valence-electron chi connectivity index (χ3n) is 11.5. The number of carbonyl (C=O) groups excluding carboxylic acids is 1. The molecule has 0 radical (unpaired) electrons. The number of hydrogen-bond donors (Lipinski definition) is 3. The summed E-state index contributed by atoms with van der Waals surface area (Å²) in [4.78, 5) is 25.2. The van der Waals surface area contributed by atoms with Crippen molar-refractivity contribution in [2.24, 2.45) is 44.5 Å². The largest absolute Gasteiger partial charge is 0.393 e. The van der Waals surface area contributed by atoms with Gasteiger partial charge in [0.25, 0.3) is 0 Å². The molecule has 0 spiro atoms. The molecule has 1 heterocycles. The Balaban J connectivity index is 1.38. The van der Waals surface area contributed by atoms with Gasteiger partial charge < -0.3 is 20.5 Å². The lowest BCUT2D eigenvalue weighted by Gasteiger charge is -2.61. The minimum absolute atomic E-state index is 0.0310. The molecule has 39 heavy (non-hydrogen) atoms. The van der Waals surface area contributed by atoms with Gasteiger partial charge in [0, 0.05) is 56.4 Å². The summed E-state index contributed by atoms with van der Waals surface area (Å²) >= 11 is 0. The maximum atomic E-state index is 13.8. The van der Waals surface area contributed by atoms with Crippen molar-refractivity contribution in [1.82, 2.24) is 4.90 Å². The van der Waals surface area contributed by atoms with Gasteiger partial charge in [0.2, 0.25) is 0 Å². The van der Waals surface area contributed by atoms with E-state index in [1.807, 2.05) is 11.9 Å². The SMILES string of the molecule is CN=C1C=C2CCC3C(C(O)CC4(C)C3CCC4(O)C(=O)CCC3=NC(C)CC(C)=CN3C)C2(C)CC1C=N. The molecule has 0 aromatic rings. The monoisotopic (exact) mass is 536 g/mol. The number of aliphatic hydroxyl groups excluding tert-OH is 1. The number of hydrogen-bond acceptors (Lipinski definition) is 7. The maximum Gasteiger partial charge on any atom is 0.165 e. The van der Waals surface area contributed by atoms with Crippen LogP contribution in [0.4, 0.5) is 0 Å². The molecule has 1 aliphatic heterocycles. The highest BCUT2D eigenvalue weighted by molar-refractivity contribution is 6.06. The molecule has 3 N–H and O–H groups in total. The maximum absolute atomic E-state index is 13.8. The van der Waals surface area contributed by atoms with Crippen LogP contribution in [0.15, 0.2) is 33.4 Å². The normalized spacial score (nSPS) is 44.9. The lowest BCUT2D eigenvalue weighted by molar-refractivity contribution is -0.180.